The van der Waals surface area contributed by atoms with E-state index in [1.54, 1.807) is 18.6 Å². The molecule has 1 aromatic carbocycles. The van der Waals surface area contributed by atoms with Crippen LogP contribution in [-0.4, -0.2) is 40.7 Å². The summed E-state index contributed by atoms with van der Waals surface area (Å²) in [7, 11) is 0. The molecule has 1 aromatic heterocycles. The van der Waals surface area contributed by atoms with Crippen LogP contribution in [0.1, 0.15) is 17.2 Å². The molecule has 0 spiro atoms. The smallest absolute Gasteiger partial charge is 0.371 e. The Hall–Kier alpha value is -1.86. The lowest BCUT2D eigenvalue weighted by Crippen LogP contribution is -2.40. The van der Waals surface area contributed by atoms with Crippen molar-refractivity contribution >= 4 is 0 Å². The van der Waals surface area contributed by atoms with Crippen LogP contribution < -0.4 is 0 Å². The Morgan fingerprint density at radius 3 is 2.78 bits per heavy atom. The summed E-state index contributed by atoms with van der Waals surface area (Å²) in [6, 6.07) is 5.65. The third-order valence-electron chi connectivity index (χ3n) is 4.00. The zero-order valence-corrected chi connectivity index (χ0v) is 12.5. The van der Waals surface area contributed by atoms with E-state index in [0.717, 1.165) is 25.7 Å². The van der Waals surface area contributed by atoms with E-state index in [1.165, 1.54) is 12.1 Å². The maximum atomic E-state index is 13.2. The predicted molar refractivity (Wildman–Crippen MR) is 78.8 cm³/mol. The maximum absolute atomic E-state index is 13.2. The normalized spacial score (nSPS) is 19.9. The molecule has 0 amide bonds. The van der Waals surface area contributed by atoms with Crippen molar-refractivity contribution in [2.45, 2.75) is 18.8 Å². The summed E-state index contributed by atoms with van der Waals surface area (Å²) in [6.07, 6.45) is 0.401. The highest BCUT2D eigenvalue weighted by atomic mass is 19.4. The Labute approximate surface area is 132 Å². The number of ether oxygens (including phenoxy) is 1. The molecule has 2 heterocycles. The van der Waals surface area contributed by atoms with Crippen molar-refractivity contribution in [3.8, 4) is 0 Å². The van der Waals surface area contributed by atoms with Gasteiger partial charge in [0.2, 0.25) is 0 Å². The number of imidazole rings is 1. The zero-order chi connectivity index (χ0) is 16.3. The van der Waals surface area contributed by atoms with Crippen molar-refractivity contribution in [2.24, 2.45) is 0 Å². The van der Waals surface area contributed by atoms with Gasteiger partial charge in [0.25, 0.3) is 0 Å². The number of aromatic nitrogens is 2. The minimum Gasteiger partial charge on any atom is -0.371 e. The fourth-order valence-corrected chi connectivity index (χ4v) is 2.81. The third-order valence-corrected chi connectivity index (χ3v) is 4.00. The average Bonchev–Trinajstić information content (AvgIpc) is 3.06. The lowest BCUT2D eigenvalue weighted by molar-refractivity contribution is -0.140. The molecule has 1 atom stereocenters. The summed E-state index contributed by atoms with van der Waals surface area (Å²) in [5.74, 6) is 0. The summed E-state index contributed by atoms with van der Waals surface area (Å²) < 4.78 is 47.0. The van der Waals surface area contributed by atoms with Crippen molar-refractivity contribution in [1.29, 1.82) is 0 Å². The van der Waals surface area contributed by atoms with E-state index in [1.807, 2.05) is 10.8 Å². The van der Waals surface area contributed by atoms with Crippen LogP contribution in [0.15, 0.2) is 43.0 Å². The summed E-state index contributed by atoms with van der Waals surface area (Å²) in [5.41, 5.74) is -0.395. The highest BCUT2D eigenvalue weighted by molar-refractivity contribution is 5.32. The second-order valence-electron chi connectivity index (χ2n) is 5.55. The fraction of sp³-hybridized carbons (Fsp3) is 0.438. The van der Waals surface area contributed by atoms with Crippen molar-refractivity contribution in [2.75, 3.05) is 26.2 Å². The number of halogens is 3. The van der Waals surface area contributed by atoms with E-state index in [2.05, 4.69) is 9.88 Å². The van der Waals surface area contributed by atoms with Crippen molar-refractivity contribution < 1.29 is 17.9 Å². The molecular weight excluding hydrogens is 307 g/mol. The molecule has 1 aliphatic heterocycles. The number of morpholine rings is 1. The Bertz CT molecular complexity index is 628. The minimum absolute atomic E-state index is 0.215. The molecule has 0 aliphatic carbocycles. The van der Waals surface area contributed by atoms with Gasteiger partial charge in [0.05, 0.1) is 24.6 Å². The fourth-order valence-electron chi connectivity index (χ4n) is 2.81. The van der Waals surface area contributed by atoms with E-state index in [-0.39, 0.29) is 5.56 Å². The largest absolute Gasteiger partial charge is 0.416 e. The summed E-state index contributed by atoms with van der Waals surface area (Å²) >= 11 is 0. The van der Waals surface area contributed by atoms with Gasteiger partial charge in [-0.2, -0.15) is 13.2 Å². The van der Waals surface area contributed by atoms with Crippen LogP contribution >= 0.6 is 0 Å². The van der Waals surface area contributed by atoms with E-state index in [9.17, 15) is 13.2 Å². The van der Waals surface area contributed by atoms with E-state index >= 15 is 0 Å². The zero-order valence-electron chi connectivity index (χ0n) is 12.5. The number of hydrogen-bond donors (Lipinski definition) is 0. The molecule has 0 N–H and O–H groups in total. The molecule has 0 radical (unpaired) electrons. The van der Waals surface area contributed by atoms with Gasteiger partial charge in [-0.1, -0.05) is 18.2 Å². The van der Waals surface area contributed by atoms with Crippen LogP contribution in [0, 0.1) is 0 Å². The Kier molecular flexibility index (Phi) is 4.68. The first-order valence-corrected chi connectivity index (χ1v) is 7.50. The molecule has 2 aromatic rings. The molecule has 0 bridgehead atoms. The summed E-state index contributed by atoms with van der Waals surface area (Å²) in [6.45, 7) is 3.13. The molecule has 23 heavy (non-hydrogen) atoms. The van der Waals surface area contributed by atoms with E-state index < -0.39 is 17.8 Å². The van der Waals surface area contributed by atoms with Crippen LogP contribution in [0.2, 0.25) is 0 Å². The Morgan fingerprint density at radius 2 is 2.04 bits per heavy atom. The summed E-state index contributed by atoms with van der Waals surface area (Å²) in [4.78, 5) is 6.11. The molecule has 1 aliphatic rings. The van der Waals surface area contributed by atoms with Crippen LogP contribution in [0.4, 0.5) is 13.2 Å². The monoisotopic (exact) mass is 325 g/mol. The highest BCUT2D eigenvalue weighted by Crippen LogP contribution is 2.36. The molecule has 0 saturated carbocycles. The van der Waals surface area contributed by atoms with Gasteiger partial charge >= 0.3 is 6.18 Å². The minimum atomic E-state index is -4.36. The van der Waals surface area contributed by atoms with Crippen molar-refractivity contribution in [1.82, 2.24) is 14.5 Å². The highest BCUT2D eigenvalue weighted by Gasteiger charge is 2.36. The number of benzene rings is 1. The number of alkyl halides is 3. The molecule has 0 unspecified atom stereocenters. The van der Waals surface area contributed by atoms with Crippen LogP contribution in [0.5, 0.6) is 0 Å². The van der Waals surface area contributed by atoms with Gasteiger partial charge in [0, 0.05) is 38.6 Å². The molecule has 124 valence electrons. The average molecular weight is 325 g/mol. The number of rotatable bonds is 4. The van der Waals surface area contributed by atoms with Crippen molar-refractivity contribution in [3.05, 3.63) is 54.1 Å². The van der Waals surface area contributed by atoms with Gasteiger partial charge in [-0.25, -0.2) is 4.98 Å². The quantitative estimate of drug-likeness (QED) is 0.866. The lowest BCUT2D eigenvalue weighted by atomic mass is 10.0. The second kappa shape index (κ2) is 6.72. The SMILES string of the molecule is FC(F)(F)c1ccccc1[C@@H]1CN(CCn2ccnc2)CCO1. The van der Waals surface area contributed by atoms with E-state index in [0.29, 0.717) is 13.2 Å². The van der Waals surface area contributed by atoms with Gasteiger partial charge < -0.3 is 9.30 Å². The third kappa shape index (κ3) is 3.92. The first kappa shape index (κ1) is 16.0. The molecule has 3 rings (SSSR count). The maximum Gasteiger partial charge on any atom is 0.416 e. The molecule has 7 heteroatoms. The number of hydrogen-bond acceptors (Lipinski definition) is 3. The van der Waals surface area contributed by atoms with Gasteiger partial charge in [0.15, 0.2) is 0 Å². The topological polar surface area (TPSA) is 30.3 Å². The van der Waals surface area contributed by atoms with E-state index in [4.69, 9.17) is 4.74 Å². The molecule has 4 nitrogen and oxygen atoms in total. The van der Waals surface area contributed by atoms with Gasteiger partial charge in [-0.3, -0.25) is 4.90 Å². The van der Waals surface area contributed by atoms with Gasteiger partial charge in [-0.05, 0) is 11.6 Å². The Morgan fingerprint density at radius 1 is 1.22 bits per heavy atom. The van der Waals surface area contributed by atoms with Crippen LogP contribution in [0.25, 0.3) is 0 Å². The number of nitrogens with zero attached hydrogens (tertiary/aromatic N) is 3. The van der Waals surface area contributed by atoms with Crippen molar-refractivity contribution in [3.63, 3.8) is 0 Å². The summed E-state index contributed by atoms with van der Waals surface area (Å²) in [5, 5.41) is 0. The standard InChI is InChI=1S/C16H18F3N3O/c17-16(18,19)14-4-2-1-3-13(14)15-11-21(9-10-23-15)7-8-22-6-5-20-12-22/h1-6,12,15H,7-11H2/t15-/m0/s1. The molecular formula is C16H18F3N3O. The second-order valence-corrected chi connectivity index (χ2v) is 5.55. The van der Waals surface area contributed by atoms with Crippen LogP contribution in [-0.2, 0) is 17.5 Å². The first-order valence-electron chi connectivity index (χ1n) is 7.50. The predicted octanol–water partition coefficient (Wildman–Crippen LogP) is 2.98. The van der Waals surface area contributed by atoms with Gasteiger partial charge in [0.1, 0.15) is 0 Å². The first-order chi connectivity index (χ1) is 11.0. The lowest BCUT2D eigenvalue weighted by Gasteiger charge is -2.34. The Balaban J connectivity index is 1.69. The molecule has 1 fully saturated rings. The van der Waals surface area contributed by atoms with Crippen LogP contribution in [0.3, 0.4) is 0 Å². The molecule has 1 saturated heterocycles. The van der Waals surface area contributed by atoms with Gasteiger partial charge in [-0.15, -0.1) is 0 Å².